The topological polar surface area (TPSA) is 49.3 Å². The Balaban J connectivity index is 2.48. The second kappa shape index (κ2) is 4.41. The normalized spacial score (nSPS) is 12.4. The molecule has 0 aliphatic rings. The summed E-state index contributed by atoms with van der Waals surface area (Å²) in [6, 6.07) is 9.13. The molecule has 0 fully saturated rings. The number of carbonyl (C=O) groups is 1. The fourth-order valence-corrected chi connectivity index (χ4v) is 1.68. The van der Waals surface area contributed by atoms with E-state index >= 15 is 0 Å². The number of nitrogens with one attached hydrogen (secondary N) is 1. The minimum absolute atomic E-state index is 0.311. The van der Waals surface area contributed by atoms with Crippen LogP contribution in [0.25, 0.3) is 10.8 Å². The quantitative estimate of drug-likeness (QED) is 0.857. The third-order valence-corrected chi connectivity index (χ3v) is 2.61. The molecule has 0 amide bonds. The lowest BCUT2D eigenvalue weighted by molar-refractivity contribution is -0.137. The van der Waals surface area contributed by atoms with Crippen LogP contribution in [0.15, 0.2) is 36.4 Å². The maximum absolute atomic E-state index is 13.5. The zero-order chi connectivity index (χ0) is 12.4. The molecule has 0 aromatic heterocycles. The number of rotatable bonds is 3. The van der Waals surface area contributed by atoms with Gasteiger partial charge in [-0.05, 0) is 19.1 Å². The molecule has 1 atom stereocenters. The molecule has 4 heteroatoms. The van der Waals surface area contributed by atoms with Gasteiger partial charge < -0.3 is 10.4 Å². The van der Waals surface area contributed by atoms with Crippen LogP contribution in [0.2, 0.25) is 0 Å². The summed E-state index contributed by atoms with van der Waals surface area (Å²) in [6.45, 7) is 1.54. The second-order valence-corrected chi connectivity index (χ2v) is 3.84. The van der Waals surface area contributed by atoms with Crippen molar-refractivity contribution in [2.75, 3.05) is 5.32 Å². The first kappa shape index (κ1) is 11.4. The van der Waals surface area contributed by atoms with Gasteiger partial charge in [0, 0.05) is 16.5 Å². The lowest BCUT2D eigenvalue weighted by atomic mass is 10.1. The molecule has 0 saturated carbocycles. The van der Waals surface area contributed by atoms with Crippen LogP contribution in [-0.4, -0.2) is 17.1 Å². The molecule has 2 N–H and O–H groups in total. The van der Waals surface area contributed by atoms with Crippen LogP contribution in [-0.2, 0) is 4.79 Å². The highest BCUT2D eigenvalue weighted by Crippen LogP contribution is 2.26. The van der Waals surface area contributed by atoms with Gasteiger partial charge in [0.25, 0.3) is 0 Å². The van der Waals surface area contributed by atoms with Gasteiger partial charge in [-0.3, -0.25) is 4.79 Å². The van der Waals surface area contributed by atoms with Crippen molar-refractivity contribution in [3.8, 4) is 0 Å². The summed E-state index contributed by atoms with van der Waals surface area (Å²) in [5, 5.41) is 12.8. The Morgan fingerprint density at radius 3 is 2.53 bits per heavy atom. The number of carboxylic acids is 1. The highest BCUT2D eigenvalue weighted by atomic mass is 19.1. The van der Waals surface area contributed by atoms with E-state index in [1.54, 1.807) is 37.3 Å². The number of aliphatic carboxylic acids is 1. The first-order valence-corrected chi connectivity index (χ1v) is 5.26. The molecule has 88 valence electrons. The predicted molar refractivity (Wildman–Crippen MR) is 64.6 cm³/mol. The third-order valence-electron chi connectivity index (χ3n) is 2.61. The van der Waals surface area contributed by atoms with Gasteiger partial charge in [-0.2, -0.15) is 0 Å². The first-order valence-electron chi connectivity index (χ1n) is 5.26. The summed E-state index contributed by atoms with van der Waals surface area (Å²) < 4.78 is 13.5. The van der Waals surface area contributed by atoms with Crippen molar-refractivity contribution < 1.29 is 14.3 Å². The van der Waals surface area contributed by atoms with Crippen molar-refractivity contribution >= 4 is 22.4 Å². The van der Waals surface area contributed by atoms with Gasteiger partial charge in [-0.1, -0.05) is 24.3 Å². The Labute approximate surface area is 97.9 Å². The molecule has 3 nitrogen and oxygen atoms in total. The molecule has 2 aromatic rings. The molecule has 0 radical (unpaired) electrons. The molecule has 2 rings (SSSR count). The van der Waals surface area contributed by atoms with Gasteiger partial charge in [0.15, 0.2) is 0 Å². The van der Waals surface area contributed by atoms with Crippen LogP contribution in [0.4, 0.5) is 10.1 Å². The standard InChI is InChI=1S/C13H12FNO2/c1-8(13(16)17)15-12-7-6-11(14)9-4-2-3-5-10(9)12/h2-8,15H,1H3,(H,16,17)/t8-/m0/s1. The molecular weight excluding hydrogens is 221 g/mol. The predicted octanol–water partition coefficient (Wildman–Crippen LogP) is 2.86. The lowest BCUT2D eigenvalue weighted by Crippen LogP contribution is -2.25. The van der Waals surface area contributed by atoms with E-state index in [1.807, 2.05) is 0 Å². The molecule has 0 saturated heterocycles. The Kier molecular flexibility index (Phi) is 2.95. The minimum Gasteiger partial charge on any atom is -0.480 e. The average Bonchev–Trinajstić information content (AvgIpc) is 2.33. The molecule has 0 aliphatic carbocycles. The van der Waals surface area contributed by atoms with Crippen molar-refractivity contribution in [3.63, 3.8) is 0 Å². The van der Waals surface area contributed by atoms with Crippen LogP contribution < -0.4 is 5.32 Å². The summed E-state index contributed by atoms with van der Waals surface area (Å²) in [7, 11) is 0. The summed E-state index contributed by atoms with van der Waals surface area (Å²) >= 11 is 0. The zero-order valence-corrected chi connectivity index (χ0v) is 9.27. The van der Waals surface area contributed by atoms with E-state index in [1.165, 1.54) is 6.07 Å². The molecule has 2 aromatic carbocycles. The van der Waals surface area contributed by atoms with E-state index in [2.05, 4.69) is 5.32 Å². The van der Waals surface area contributed by atoms with Crippen LogP contribution in [0.1, 0.15) is 6.92 Å². The van der Waals surface area contributed by atoms with E-state index in [-0.39, 0.29) is 5.82 Å². The zero-order valence-electron chi connectivity index (χ0n) is 9.27. The summed E-state index contributed by atoms with van der Waals surface area (Å²) in [5.41, 5.74) is 0.622. The first-order chi connectivity index (χ1) is 8.09. The summed E-state index contributed by atoms with van der Waals surface area (Å²) in [6.07, 6.45) is 0. The van der Waals surface area contributed by atoms with Gasteiger partial charge in [-0.25, -0.2) is 4.39 Å². The summed E-state index contributed by atoms with van der Waals surface area (Å²) in [5.74, 6) is -1.26. The second-order valence-electron chi connectivity index (χ2n) is 3.84. The minimum atomic E-state index is -0.946. The smallest absolute Gasteiger partial charge is 0.325 e. The average molecular weight is 233 g/mol. The number of fused-ring (bicyclic) bond motifs is 1. The van der Waals surface area contributed by atoms with Gasteiger partial charge in [0.05, 0.1) is 0 Å². The Morgan fingerprint density at radius 1 is 1.24 bits per heavy atom. The molecule has 0 bridgehead atoms. The van der Waals surface area contributed by atoms with Gasteiger partial charge >= 0.3 is 5.97 Å². The van der Waals surface area contributed by atoms with Crippen LogP contribution in [0.3, 0.4) is 0 Å². The summed E-state index contributed by atoms with van der Waals surface area (Å²) in [4.78, 5) is 10.8. The Morgan fingerprint density at radius 2 is 1.88 bits per heavy atom. The molecular formula is C13H12FNO2. The van der Waals surface area contributed by atoms with E-state index in [0.29, 0.717) is 16.5 Å². The van der Waals surface area contributed by atoms with Crippen molar-refractivity contribution in [1.29, 1.82) is 0 Å². The van der Waals surface area contributed by atoms with Crippen molar-refractivity contribution in [2.45, 2.75) is 13.0 Å². The molecule has 0 spiro atoms. The number of carboxylic acid groups (broad SMARTS) is 1. The highest BCUT2D eigenvalue weighted by Gasteiger charge is 2.12. The van der Waals surface area contributed by atoms with E-state index in [4.69, 9.17) is 5.11 Å². The molecule has 0 aliphatic heterocycles. The maximum Gasteiger partial charge on any atom is 0.325 e. The van der Waals surface area contributed by atoms with Crippen LogP contribution in [0.5, 0.6) is 0 Å². The third kappa shape index (κ3) is 2.20. The van der Waals surface area contributed by atoms with Crippen molar-refractivity contribution in [3.05, 3.63) is 42.2 Å². The SMILES string of the molecule is C[C@H](Nc1ccc(F)c2ccccc12)C(=O)O. The van der Waals surface area contributed by atoms with E-state index in [0.717, 1.165) is 0 Å². The fraction of sp³-hybridized carbons (Fsp3) is 0.154. The van der Waals surface area contributed by atoms with Crippen LogP contribution >= 0.6 is 0 Å². The molecule has 17 heavy (non-hydrogen) atoms. The van der Waals surface area contributed by atoms with Gasteiger partial charge in [0.2, 0.25) is 0 Å². The van der Waals surface area contributed by atoms with Crippen molar-refractivity contribution in [1.82, 2.24) is 0 Å². The largest absolute Gasteiger partial charge is 0.480 e. The Bertz CT molecular complexity index is 568. The van der Waals surface area contributed by atoms with Gasteiger partial charge in [-0.15, -0.1) is 0 Å². The molecule has 0 unspecified atom stereocenters. The highest BCUT2D eigenvalue weighted by molar-refractivity contribution is 5.95. The van der Waals surface area contributed by atoms with E-state index < -0.39 is 12.0 Å². The van der Waals surface area contributed by atoms with E-state index in [9.17, 15) is 9.18 Å². The lowest BCUT2D eigenvalue weighted by Gasteiger charge is -2.13. The molecule has 0 heterocycles. The number of hydrogen-bond donors (Lipinski definition) is 2. The Hall–Kier alpha value is -2.10. The number of benzene rings is 2. The van der Waals surface area contributed by atoms with Crippen molar-refractivity contribution in [2.24, 2.45) is 0 Å². The monoisotopic (exact) mass is 233 g/mol. The van der Waals surface area contributed by atoms with Crippen LogP contribution in [0, 0.1) is 5.82 Å². The maximum atomic E-state index is 13.5. The number of anilines is 1. The van der Waals surface area contributed by atoms with Gasteiger partial charge in [0.1, 0.15) is 11.9 Å². The number of halogens is 1. The number of hydrogen-bond acceptors (Lipinski definition) is 2. The fourth-order valence-electron chi connectivity index (χ4n) is 1.68.